The van der Waals surface area contributed by atoms with Gasteiger partial charge in [0.15, 0.2) is 0 Å². The predicted octanol–water partition coefficient (Wildman–Crippen LogP) is 2.42. The number of carbonyl (C=O) groups is 1. The van der Waals surface area contributed by atoms with Crippen molar-refractivity contribution in [3.05, 3.63) is 28.0 Å². The zero-order valence-corrected chi connectivity index (χ0v) is 11.2. The molecule has 1 aliphatic carbocycles. The minimum absolute atomic E-state index is 0.0990. The number of amides is 1. The number of carbonyl (C=O) groups excluding carboxylic acids is 1. The molecule has 98 valence electrons. The van der Waals surface area contributed by atoms with Crippen LogP contribution in [0.2, 0.25) is 10.2 Å². The number of hydrogen-bond donors (Lipinski definition) is 2. The van der Waals surface area contributed by atoms with Gasteiger partial charge in [-0.2, -0.15) is 0 Å². The maximum absolute atomic E-state index is 12.0. The molecule has 18 heavy (non-hydrogen) atoms. The number of aliphatic hydroxyl groups excluding tert-OH is 1. The minimum Gasteiger partial charge on any atom is -0.391 e. The van der Waals surface area contributed by atoms with Gasteiger partial charge in [-0.05, 0) is 25.0 Å². The lowest BCUT2D eigenvalue weighted by Crippen LogP contribution is -2.45. The van der Waals surface area contributed by atoms with Crippen LogP contribution in [0, 0.1) is 0 Å². The SMILES string of the molecule is O=C(N[C@H]1CCCC[C@@H]1O)c1nc(Cl)ccc1Cl. The monoisotopic (exact) mass is 288 g/mol. The molecule has 1 saturated carbocycles. The van der Waals surface area contributed by atoms with Crippen LogP contribution in [0.5, 0.6) is 0 Å². The Hall–Kier alpha value is -0.840. The van der Waals surface area contributed by atoms with E-state index in [2.05, 4.69) is 10.3 Å². The van der Waals surface area contributed by atoms with Gasteiger partial charge in [0.1, 0.15) is 10.8 Å². The van der Waals surface area contributed by atoms with Gasteiger partial charge in [0, 0.05) is 0 Å². The molecule has 2 atom stereocenters. The Kier molecular flexibility index (Phi) is 4.43. The van der Waals surface area contributed by atoms with Crippen LogP contribution in [0.1, 0.15) is 36.2 Å². The average Bonchev–Trinajstić information content (AvgIpc) is 2.35. The van der Waals surface area contributed by atoms with Gasteiger partial charge in [0.2, 0.25) is 0 Å². The van der Waals surface area contributed by atoms with E-state index < -0.39 is 12.0 Å². The summed E-state index contributed by atoms with van der Waals surface area (Å²) in [5, 5.41) is 13.0. The van der Waals surface area contributed by atoms with E-state index in [0.29, 0.717) is 6.42 Å². The second-order valence-electron chi connectivity index (χ2n) is 4.40. The van der Waals surface area contributed by atoms with Crippen molar-refractivity contribution < 1.29 is 9.90 Å². The highest BCUT2D eigenvalue weighted by atomic mass is 35.5. The molecule has 0 aliphatic heterocycles. The van der Waals surface area contributed by atoms with Crippen molar-refractivity contribution in [2.75, 3.05) is 0 Å². The largest absolute Gasteiger partial charge is 0.391 e. The molecular weight excluding hydrogens is 275 g/mol. The Morgan fingerprint density at radius 1 is 1.33 bits per heavy atom. The summed E-state index contributed by atoms with van der Waals surface area (Å²) in [6, 6.07) is 2.82. The molecule has 0 bridgehead atoms. The highest BCUT2D eigenvalue weighted by Gasteiger charge is 2.26. The summed E-state index contributed by atoms with van der Waals surface area (Å²) in [4.78, 5) is 15.9. The van der Waals surface area contributed by atoms with Crippen LogP contribution in [0.3, 0.4) is 0 Å². The Balaban J connectivity index is 2.09. The fourth-order valence-corrected chi connectivity index (χ4v) is 2.43. The van der Waals surface area contributed by atoms with Crippen molar-refractivity contribution in [1.82, 2.24) is 10.3 Å². The number of aromatic nitrogens is 1. The Morgan fingerprint density at radius 3 is 2.78 bits per heavy atom. The molecule has 4 nitrogen and oxygen atoms in total. The van der Waals surface area contributed by atoms with Crippen molar-refractivity contribution >= 4 is 29.1 Å². The molecule has 1 aromatic rings. The zero-order chi connectivity index (χ0) is 13.1. The number of pyridine rings is 1. The average molecular weight is 289 g/mol. The first-order valence-corrected chi connectivity index (χ1v) is 6.64. The van der Waals surface area contributed by atoms with Crippen LogP contribution in [-0.4, -0.2) is 28.1 Å². The number of rotatable bonds is 2. The number of halogens is 2. The van der Waals surface area contributed by atoms with E-state index in [1.54, 1.807) is 0 Å². The summed E-state index contributed by atoms with van der Waals surface area (Å²) in [7, 11) is 0. The van der Waals surface area contributed by atoms with Crippen LogP contribution in [0.4, 0.5) is 0 Å². The first kappa shape index (κ1) is 13.6. The number of nitrogens with one attached hydrogen (secondary N) is 1. The number of hydrogen-bond acceptors (Lipinski definition) is 3. The molecule has 1 aliphatic rings. The summed E-state index contributed by atoms with van der Waals surface area (Å²) in [5.41, 5.74) is 0.0990. The Morgan fingerprint density at radius 2 is 2.06 bits per heavy atom. The van der Waals surface area contributed by atoms with Gasteiger partial charge in [-0.3, -0.25) is 4.79 Å². The number of aliphatic hydroxyl groups is 1. The van der Waals surface area contributed by atoms with Crippen LogP contribution in [0.15, 0.2) is 12.1 Å². The van der Waals surface area contributed by atoms with E-state index in [1.165, 1.54) is 12.1 Å². The zero-order valence-electron chi connectivity index (χ0n) is 9.70. The van der Waals surface area contributed by atoms with Gasteiger partial charge in [0.05, 0.1) is 17.2 Å². The van der Waals surface area contributed by atoms with Gasteiger partial charge in [0.25, 0.3) is 5.91 Å². The van der Waals surface area contributed by atoms with Crippen molar-refractivity contribution in [2.24, 2.45) is 0 Å². The lowest BCUT2D eigenvalue weighted by Gasteiger charge is -2.28. The first-order chi connectivity index (χ1) is 8.58. The molecule has 2 N–H and O–H groups in total. The Labute approximate surface area is 115 Å². The lowest BCUT2D eigenvalue weighted by molar-refractivity contribution is 0.0714. The molecule has 0 unspecified atom stereocenters. The molecule has 0 saturated heterocycles. The summed E-state index contributed by atoms with van der Waals surface area (Å²) in [6.07, 6.45) is 2.97. The van der Waals surface area contributed by atoms with Crippen molar-refractivity contribution in [3.8, 4) is 0 Å². The summed E-state index contributed by atoms with van der Waals surface area (Å²) in [6.45, 7) is 0. The molecular formula is C12H14Cl2N2O2. The molecule has 0 radical (unpaired) electrons. The van der Waals surface area contributed by atoms with Crippen LogP contribution >= 0.6 is 23.2 Å². The fraction of sp³-hybridized carbons (Fsp3) is 0.500. The summed E-state index contributed by atoms with van der Waals surface area (Å²) >= 11 is 11.6. The normalized spacial score (nSPS) is 23.7. The molecule has 6 heteroatoms. The van der Waals surface area contributed by atoms with Crippen molar-refractivity contribution in [3.63, 3.8) is 0 Å². The third-order valence-electron chi connectivity index (χ3n) is 3.07. The van der Waals surface area contributed by atoms with Crippen LogP contribution in [0.25, 0.3) is 0 Å². The van der Waals surface area contributed by atoms with Gasteiger partial charge >= 0.3 is 0 Å². The lowest BCUT2D eigenvalue weighted by atomic mass is 9.92. The summed E-state index contributed by atoms with van der Waals surface area (Å²) < 4.78 is 0. The topological polar surface area (TPSA) is 62.2 Å². The first-order valence-electron chi connectivity index (χ1n) is 5.89. The van der Waals surface area contributed by atoms with Crippen molar-refractivity contribution in [1.29, 1.82) is 0 Å². The number of nitrogens with zero attached hydrogens (tertiary/aromatic N) is 1. The molecule has 0 spiro atoms. The second-order valence-corrected chi connectivity index (χ2v) is 5.19. The van der Waals surface area contributed by atoms with Crippen LogP contribution in [-0.2, 0) is 0 Å². The smallest absolute Gasteiger partial charge is 0.271 e. The fourth-order valence-electron chi connectivity index (χ4n) is 2.09. The van der Waals surface area contributed by atoms with Crippen LogP contribution < -0.4 is 5.32 Å². The second kappa shape index (κ2) is 5.87. The van der Waals surface area contributed by atoms with E-state index in [1.807, 2.05) is 0 Å². The molecule has 1 heterocycles. The van der Waals surface area contributed by atoms with E-state index >= 15 is 0 Å². The van der Waals surface area contributed by atoms with Gasteiger partial charge in [-0.15, -0.1) is 0 Å². The third kappa shape index (κ3) is 3.13. The molecule has 2 rings (SSSR count). The van der Waals surface area contributed by atoms with Gasteiger partial charge in [-0.1, -0.05) is 36.0 Å². The van der Waals surface area contributed by atoms with Gasteiger partial charge < -0.3 is 10.4 Å². The minimum atomic E-state index is -0.499. The standard InChI is InChI=1S/C12H14Cl2N2O2/c13-7-5-6-10(14)16-11(7)12(18)15-8-3-1-2-4-9(8)17/h5-6,8-9,17H,1-4H2,(H,15,18)/t8-,9-/m0/s1. The Bertz CT molecular complexity index is 454. The van der Waals surface area contributed by atoms with E-state index in [0.717, 1.165) is 19.3 Å². The van der Waals surface area contributed by atoms with Crippen molar-refractivity contribution in [2.45, 2.75) is 37.8 Å². The highest BCUT2D eigenvalue weighted by molar-refractivity contribution is 6.34. The quantitative estimate of drug-likeness (QED) is 0.822. The predicted molar refractivity (Wildman–Crippen MR) is 70.0 cm³/mol. The molecule has 1 aromatic heterocycles. The van der Waals surface area contributed by atoms with E-state index in [9.17, 15) is 9.90 Å². The maximum Gasteiger partial charge on any atom is 0.271 e. The van der Waals surface area contributed by atoms with Gasteiger partial charge in [-0.25, -0.2) is 4.98 Å². The summed E-state index contributed by atoms with van der Waals surface area (Å²) in [5.74, 6) is -0.395. The molecule has 1 fully saturated rings. The maximum atomic E-state index is 12.0. The third-order valence-corrected chi connectivity index (χ3v) is 3.59. The highest BCUT2D eigenvalue weighted by Crippen LogP contribution is 2.20. The van der Waals surface area contributed by atoms with E-state index in [4.69, 9.17) is 23.2 Å². The molecule has 0 aromatic carbocycles. The van der Waals surface area contributed by atoms with E-state index in [-0.39, 0.29) is 21.9 Å². The molecule has 1 amide bonds.